The highest BCUT2D eigenvalue weighted by Gasteiger charge is 2.34. The molecule has 8 nitrogen and oxygen atoms in total. The molecule has 336 valence electrons. The summed E-state index contributed by atoms with van der Waals surface area (Å²) in [6, 6.07) is 45.9. The molecule has 0 saturated heterocycles. The molecule has 2 aliphatic rings. The lowest BCUT2D eigenvalue weighted by molar-refractivity contribution is 0.0635. The molecule has 0 saturated carbocycles. The van der Waals surface area contributed by atoms with Crippen LogP contribution < -0.4 is 10.6 Å². The molecule has 0 spiro atoms. The van der Waals surface area contributed by atoms with Gasteiger partial charge in [-0.05, 0) is 149 Å². The third-order valence-electron chi connectivity index (χ3n) is 12.9. The van der Waals surface area contributed by atoms with E-state index in [1.54, 1.807) is 0 Å². The minimum absolute atomic E-state index is 0.0771. The summed E-state index contributed by atoms with van der Waals surface area (Å²) >= 11 is 7.20. The van der Waals surface area contributed by atoms with Gasteiger partial charge < -0.3 is 29.6 Å². The molecule has 0 radical (unpaired) electrons. The van der Waals surface area contributed by atoms with Gasteiger partial charge in [0, 0.05) is 56.9 Å². The molecule has 0 aliphatic carbocycles. The van der Waals surface area contributed by atoms with Crippen LogP contribution in [0.25, 0.3) is 32.9 Å². The zero-order chi connectivity index (χ0) is 46.6. The first kappa shape index (κ1) is 45.1. The van der Waals surface area contributed by atoms with Crippen molar-refractivity contribution < 1.29 is 9.59 Å². The van der Waals surface area contributed by atoms with Gasteiger partial charge in [0.05, 0.1) is 46.0 Å². The van der Waals surface area contributed by atoms with Gasteiger partial charge in [-0.1, -0.05) is 105 Å². The van der Waals surface area contributed by atoms with Crippen molar-refractivity contribution in [1.82, 2.24) is 18.9 Å². The molecule has 2 aromatic heterocycles. The highest BCUT2D eigenvalue weighted by molar-refractivity contribution is 9.10. The summed E-state index contributed by atoms with van der Waals surface area (Å²) in [5, 5.41) is 11.6. The van der Waals surface area contributed by atoms with E-state index in [0.717, 1.165) is 86.9 Å². The Bertz CT molecular complexity index is 2900. The van der Waals surface area contributed by atoms with Crippen LogP contribution in [0, 0.1) is 0 Å². The third kappa shape index (κ3) is 8.12. The van der Waals surface area contributed by atoms with E-state index in [9.17, 15) is 9.59 Å². The molecule has 6 aromatic carbocycles. The van der Waals surface area contributed by atoms with Crippen molar-refractivity contribution in [3.63, 3.8) is 0 Å². The van der Waals surface area contributed by atoms with Crippen molar-refractivity contribution in [2.45, 2.75) is 91.6 Å². The van der Waals surface area contributed by atoms with Gasteiger partial charge >= 0.3 is 0 Å². The molecule has 2 aliphatic heterocycles. The molecule has 10 heteroatoms. The Hall–Kier alpha value is -6.10. The normalized spacial score (nSPS) is 14.8. The van der Waals surface area contributed by atoms with Gasteiger partial charge in [-0.25, -0.2) is 0 Å². The van der Waals surface area contributed by atoms with Crippen LogP contribution in [0.15, 0.2) is 155 Å². The lowest BCUT2D eigenvalue weighted by atomic mass is 9.90. The zero-order valence-corrected chi connectivity index (χ0v) is 41.9. The van der Waals surface area contributed by atoms with Gasteiger partial charge in [0.25, 0.3) is 11.8 Å². The third-order valence-corrected chi connectivity index (χ3v) is 13.8. The Kier molecular flexibility index (Phi) is 12.5. The number of halogens is 2. The van der Waals surface area contributed by atoms with Gasteiger partial charge in [-0.2, -0.15) is 0 Å². The van der Waals surface area contributed by atoms with E-state index < -0.39 is 0 Å². The summed E-state index contributed by atoms with van der Waals surface area (Å²) in [6.45, 7) is 16.7. The number of aromatic nitrogens is 2. The highest BCUT2D eigenvalue weighted by Crippen LogP contribution is 2.43. The van der Waals surface area contributed by atoms with Crippen LogP contribution in [0.1, 0.15) is 111 Å². The summed E-state index contributed by atoms with van der Waals surface area (Å²) < 4.78 is 6.50. The molecule has 2 N–H and O–H groups in total. The zero-order valence-electron chi connectivity index (χ0n) is 38.7. The Labute approximate surface area is 404 Å². The average molecular weight is 1000 g/mol. The summed E-state index contributed by atoms with van der Waals surface area (Å²) in [5.74, 6) is 0.154. The summed E-state index contributed by atoms with van der Waals surface area (Å²) in [6.07, 6.45) is 4.18. The van der Waals surface area contributed by atoms with Crippen molar-refractivity contribution in [3.05, 3.63) is 188 Å². The van der Waals surface area contributed by atoms with Crippen LogP contribution in [0.3, 0.4) is 0 Å². The number of nitrogens with one attached hydrogen (secondary N) is 2. The maximum atomic E-state index is 14.1. The van der Waals surface area contributed by atoms with E-state index in [-0.39, 0.29) is 48.1 Å². The smallest absolute Gasteiger partial charge is 0.255 e. The number of fused-ring (bicyclic) bond motifs is 8. The fraction of sp³-hybridized carbons (Fsp3) is 0.250. The van der Waals surface area contributed by atoms with Gasteiger partial charge in [0.2, 0.25) is 0 Å². The van der Waals surface area contributed by atoms with E-state index in [1.165, 1.54) is 0 Å². The molecule has 2 atom stereocenters. The Morgan fingerprint density at radius 3 is 1.24 bits per heavy atom. The molecule has 8 aromatic rings. The molecule has 0 fully saturated rings. The van der Waals surface area contributed by atoms with Gasteiger partial charge in [-0.15, -0.1) is 0 Å². The molecule has 4 heterocycles. The van der Waals surface area contributed by atoms with E-state index in [1.807, 2.05) is 46.2 Å². The van der Waals surface area contributed by atoms with Crippen LogP contribution in [-0.2, 0) is 0 Å². The number of hydrogen-bond donors (Lipinski definition) is 2. The van der Waals surface area contributed by atoms with Crippen LogP contribution in [0.4, 0.5) is 11.4 Å². The van der Waals surface area contributed by atoms with Gasteiger partial charge in [-0.3, -0.25) is 9.59 Å². The average Bonchev–Trinajstić information content (AvgIpc) is 4.00. The summed E-state index contributed by atoms with van der Waals surface area (Å²) in [7, 11) is 0. The predicted octanol–water partition coefficient (Wildman–Crippen LogP) is 14.3. The number of rotatable bonds is 8. The maximum Gasteiger partial charge on any atom is 0.255 e. The van der Waals surface area contributed by atoms with Crippen molar-refractivity contribution in [2.24, 2.45) is 0 Å². The van der Waals surface area contributed by atoms with Crippen LogP contribution >= 0.6 is 31.9 Å². The standard InChI is InChI=1S/2C28H28BrN3O/c2*1-17(2)32(18(3)4)28(33)26-21-9-6-5-8-19(21)11-13-22(26)27-24-10-7-15-31(24)25-16-20(29)12-14-23(25)30-27/h2*5-18,27,30H,1-4H3/t2*27-/m00/s1. The van der Waals surface area contributed by atoms with Crippen molar-refractivity contribution >= 4 is 76.6 Å². The second kappa shape index (κ2) is 18.3. The van der Waals surface area contributed by atoms with Crippen molar-refractivity contribution in [2.75, 3.05) is 10.6 Å². The summed E-state index contributed by atoms with van der Waals surface area (Å²) in [5.41, 5.74) is 10.1. The number of nitrogens with zero attached hydrogens (tertiary/aromatic N) is 4. The molecule has 0 unspecified atom stereocenters. The SMILES string of the molecule is CC(C)N(C(=O)c1c([C@@H]2Nc3ccc(Br)cc3-n3cccc32)ccc2ccccc12)C(C)C.CC(C)N(C(=O)c1c([C@@H]2Nc3ccc(Br)cc3-n3cccc32)ccc2ccccc12)C(C)C. The molecular weight excluding hydrogens is 948 g/mol. The monoisotopic (exact) mass is 1000 g/mol. The second-order valence-electron chi connectivity index (χ2n) is 18.4. The molecule has 2 amide bonds. The molecular formula is C56H56Br2N6O2. The Morgan fingerprint density at radius 2 is 0.864 bits per heavy atom. The van der Waals surface area contributed by atoms with Crippen molar-refractivity contribution in [1.29, 1.82) is 0 Å². The number of hydrogen-bond acceptors (Lipinski definition) is 4. The summed E-state index contributed by atoms with van der Waals surface area (Å²) in [4.78, 5) is 32.2. The Morgan fingerprint density at radius 1 is 0.485 bits per heavy atom. The van der Waals surface area contributed by atoms with Crippen LogP contribution in [0.5, 0.6) is 0 Å². The number of anilines is 2. The lowest BCUT2D eigenvalue weighted by Gasteiger charge is -2.34. The first-order valence-electron chi connectivity index (χ1n) is 22.9. The van der Waals surface area contributed by atoms with Crippen LogP contribution in [-0.4, -0.2) is 54.9 Å². The fourth-order valence-electron chi connectivity index (χ4n) is 10.2. The fourth-order valence-corrected chi connectivity index (χ4v) is 10.9. The minimum atomic E-state index is -0.140. The number of carbonyl (C=O) groups excluding carboxylic acids is 2. The molecule has 10 rings (SSSR count). The van der Waals surface area contributed by atoms with E-state index in [4.69, 9.17) is 0 Å². The largest absolute Gasteiger partial charge is 0.371 e. The van der Waals surface area contributed by atoms with Crippen LogP contribution in [0.2, 0.25) is 0 Å². The second-order valence-corrected chi connectivity index (χ2v) is 20.2. The highest BCUT2D eigenvalue weighted by atomic mass is 79.9. The van der Waals surface area contributed by atoms with Gasteiger partial charge in [0.1, 0.15) is 0 Å². The van der Waals surface area contributed by atoms with Crippen molar-refractivity contribution in [3.8, 4) is 11.4 Å². The number of carbonyl (C=O) groups is 2. The molecule has 66 heavy (non-hydrogen) atoms. The predicted molar refractivity (Wildman–Crippen MR) is 279 cm³/mol. The maximum absolute atomic E-state index is 14.1. The van der Waals surface area contributed by atoms with E-state index in [0.29, 0.717) is 0 Å². The first-order chi connectivity index (χ1) is 31.7. The number of benzene rings is 6. The number of amides is 2. The topological polar surface area (TPSA) is 74.5 Å². The van der Waals surface area contributed by atoms with Gasteiger partial charge in [0.15, 0.2) is 0 Å². The first-order valence-corrected chi connectivity index (χ1v) is 24.5. The minimum Gasteiger partial charge on any atom is -0.371 e. The quantitative estimate of drug-likeness (QED) is 0.159. The Balaban J connectivity index is 0.000000166. The lowest BCUT2D eigenvalue weighted by Crippen LogP contribution is -2.42. The van der Waals surface area contributed by atoms with E-state index in [2.05, 4.69) is 216 Å². The molecule has 0 bridgehead atoms. The van der Waals surface area contributed by atoms with E-state index >= 15 is 0 Å².